The van der Waals surface area contributed by atoms with E-state index in [-0.39, 0.29) is 0 Å². The lowest BCUT2D eigenvalue weighted by Crippen LogP contribution is -1.91. The van der Waals surface area contributed by atoms with E-state index in [2.05, 4.69) is 80.4 Å². The Hall–Kier alpha value is -6.60. The summed E-state index contributed by atoms with van der Waals surface area (Å²) >= 11 is 0. The molecule has 72 heavy (non-hydrogen) atoms. The van der Waals surface area contributed by atoms with E-state index < -0.39 is 0 Å². The van der Waals surface area contributed by atoms with Crippen LogP contribution in [0.1, 0.15) is 156 Å². The highest BCUT2D eigenvalue weighted by Crippen LogP contribution is 1.94. The normalized spacial score (nSPS) is 8.00. The molecule has 0 unspecified atom stereocenters. The van der Waals surface area contributed by atoms with Crippen molar-refractivity contribution in [2.45, 2.75) is 166 Å². The summed E-state index contributed by atoms with van der Waals surface area (Å²) in [5, 5.41) is 38.0. The Morgan fingerprint density at radius 3 is 1.00 bits per heavy atom. The number of rotatable bonds is 0. The Balaban J connectivity index is -0.000000104. The molecule has 0 saturated heterocycles. The minimum Gasteiger partial charge on any atom is -0.357 e. The lowest BCUT2D eigenvalue weighted by atomic mass is 10.4. The van der Waals surface area contributed by atoms with Gasteiger partial charge >= 0.3 is 0 Å². The molecule has 0 aliphatic heterocycles. The molecule has 8 heterocycles. The molecule has 20 heteroatoms. The third kappa shape index (κ3) is 57.7. The Morgan fingerprint density at radius 2 is 0.889 bits per heavy atom. The van der Waals surface area contributed by atoms with E-state index in [1.165, 1.54) is 20.7 Å². The van der Waals surface area contributed by atoms with Gasteiger partial charge in [0.15, 0.2) is 5.82 Å². The monoisotopic (exact) mass is 1010 g/mol. The minimum atomic E-state index is 0.711. The van der Waals surface area contributed by atoms with Gasteiger partial charge in [0, 0.05) is 86.5 Å². The van der Waals surface area contributed by atoms with Gasteiger partial charge in [-0.15, -0.1) is 15.3 Å². The van der Waals surface area contributed by atoms with E-state index in [0.717, 1.165) is 28.6 Å². The molecule has 0 N–H and O–H groups in total. The van der Waals surface area contributed by atoms with Crippen molar-refractivity contribution in [2.24, 2.45) is 56.4 Å². The van der Waals surface area contributed by atoms with Crippen LogP contribution in [0.15, 0.2) is 74.4 Å². The minimum absolute atomic E-state index is 0.711. The van der Waals surface area contributed by atoms with Gasteiger partial charge in [0.1, 0.15) is 12.2 Å². The number of tetrazole rings is 1. The van der Waals surface area contributed by atoms with Crippen molar-refractivity contribution in [1.29, 1.82) is 0 Å². The number of hydrogen-bond donors (Lipinski definition) is 0. The van der Waals surface area contributed by atoms with Crippen LogP contribution < -0.4 is 0 Å². The quantitative estimate of drug-likeness (QED) is 0.140. The van der Waals surface area contributed by atoms with Crippen molar-refractivity contribution >= 4 is 0 Å². The third-order valence-electron chi connectivity index (χ3n) is 6.25. The summed E-state index contributed by atoms with van der Waals surface area (Å²) in [6.07, 6.45) is 18.9. The molecule has 20 nitrogen and oxygen atoms in total. The summed E-state index contributed by atoms with van der Waals surface area (Å²) in [5.41, 5.74) is 6.60. The van der Waals surface area contributed by atoms with Crippen LogP contribution in [-0.4, -0.2) is 98.6 Å². The van der Waals surface area contributed by atoms with Crippen LogP contribution in [0.4, 0.5) is 0 Å². The number of aryl methyl sites for hydroxylation is 16. The molecular formula is C52H108N20. The van der Waals surface area contributed by atoms with Crippen molar-refractivity contribution < 1.29 is 0 Å². The molecule has 8 aromatic rings. The molecule has 0 aromatic carbocycles. The van der Waals surface area contributed by atoms with E-state index in [0.29, 0.717) is 5.82 Å². The molecular weight excluding hydrogens is 905 g/mol. The molecule has 8 aromatic heterocycles. The summed E-state index contributed by atoms with van der Waals surface area (Å²) in [7, 11) is 15.0. The Morgan fingerprint density at radius 1 is 0.333 bits per heavy atom. The maximum Gasteiger partial charge on any atom is 0.171 e. The second-order valence-electron chi connectivity index (χ2n) is 12.7. The maximum atomic E-state index is 4.03. The summed E-state index contributed by atoms with van der Waals surface area (Å²) in [6, 6.07) is 4.06. The van der Waals surface area contributed by atoms with E-state index in [4.69, 9.17) is 0 Å². The van der Waals surface area contributed by atoms with Crippen LogP contribution in [0.2, 0.25) is 0 Å². The van der Waals surface area contributed by atoms with E-state index >= 15 is 0 Å². The number of nitrogens with zero attached hydrogens (tertiary/aromatic N) is 20. The first-order valence-electron chi connectivity index (χ1n) is 25.4. The Bertz CT molecular complexity index is 1580. The van der Waals surface area contributed by atoms with Crippen molar-refractivity contribution in [2.75, 3.05) is 0 Å². The topological polar surface area (TPSA) is 194 Å². The molecule has 0 aliphatic rings. The molecule has 0 amide bonds. The fourth-order valence-corrected chi connectivity index (χ4v) is 4.00. The largest absolute Gasteiger partial charge is 0.357 e. The molecule has 0 radical (unpaired) electrons. The Kier molecular flexibility index (Phi) is 69.2. The average molecular weight is 1010 g/mol. The zero-order chi connectivity index (χ0) is 58.2. The lowest BCUT2D eigenvalue weighted by molar-refractivity contribution is 0.629. The van der Waals surface area contributed by atoms with Gasteiger partial charge in [-0.25, -0.2) is 9.97 Å². The predicted octanol–water partition coefficient (Wildman–Crippen LogP) is 11.6. The zero-order valence-corrected chi connectivity index (χ0v) is 51.9. The lowest BCUT2D eigenvalue weighted by Gasteiger charge is -1.80. The second kappa shape index (κ2) is 60.5. The first kappa shape index (κ1) is 82.3. The third-order valence-corrected chi connectivity index (χ3v) is 6.25. The molecule has 0 bridgehead atoms. The molecule has 0 saturated carbocycles. The van der Waals surface area contributed by atoms with Gasteiger partial charge in [0.25, 0.3) is 0 Å². The molecule has 0 atom stereocenters. The van der Waals surface area contributed by atoms with Gasteiger partial charge in [0.2, 0.25) is 0 Å². The van der Waals surface area contributed by atoms with Gasteiger partial charge < -0.3 is 9.13 Å². The highest BCUT2D eigenvalue weighted by Gasteiger charge is 1.87. The fraction of sp³-hybridized carbons (Fsp3) is 0.615. The fourth-order valence-electron chi connectivity index (χ4n) is 4.00. The first-order valence-corrected chi connectivity index (χ1v) is 25.4. The number of hydrogen-bond acceptors (Lipinski definition) is 12. The van der Waals surface area contributed by atoms with Crippen LogP contribution in [-0.2, 0) is 56.4 Å². The van der Waals surface area contributed by atoms with Crippen molar-refractivity contribution in [3.05, 3.63) is 120 Å². The number of aromatic nitrogens is 20. The highest BCUT2D eigenvalue weighted by atomic mass is 15.6. The summed E-state index contributed by atoms with van der Waals surface area (Å²) < 4.78 is 10.9. The van der Waals surface area contributed by atoms with E-state index in [9.17, 15) is 0 Å². The van der Waals surface area contributed by atoms with Gasteiger partial charge in [-0.1, -0.05) is 116 Å². The smallest absolute Gasteiger partial charge is 0.171 e. The first-order chi connectivity index (χ1) is 34.3. The van der Waals surface area contributed by atoms with Crippen LogP contribution in [0.5, 0.6) is 0 Å². The molecule has 0 spiro atoms. The maximum absolute atomic E-state index is 4.03. The van der Waals surface area contributed by atoms with Crippen LogP contribution >= 0.6 is 0 Å². The van der Waals surface area contributed by atoms with Gasteiger partial charge in [0.05, 0.1) is 48.5 Å². The van der Waals surface area contributed by atoms with Crippen molar-refractivity contribution in [3.63, 3.8) is 0 Å². The van der Waals surface area contributed by atoms with Gasteiger partial charge in [-0.3, -0.25) is 18.7 Å². The van der Waals surface area contributed by atoms with Crippen LogP contribution in [0, 0.1) is 55.4 Å². The zero-order valence-electron chi connectivity index (χ0n) is 51.9. The molecule has 416 valence electrons. The van der Waals surface area contributed by atoms with Crippen molar-refractivity contribution in [3.8, 4) is 0 Å². The molecule has 0 fully saturated rings. The van der Waals surface area contributed by atoms with E-state index in [1.807, 2.05) is 247 Å². The second-order valence-corrected chi connectivity index (χ2v) is 12.7. The summed E-state index contributed by atoms with van der Waals surface area (Å²) in [4.78, 5) is 10.8. The van der Waals surface area contributed by atoms with Gasteiger partial charge in [-0.05, 0) is 83.9 Å². The van der Waals surface area contributed by atoms with Crippen LogP contribution in [0.25, 0.3) is 0 Å². The summed E-state index contributed by atoms with van der Waals surface area (Å²) in [6.45, 7) is 47.5. The molecule has 8 rings (SSSR count). The van der Waals surface area contributed by atoms with E-state index in [1.54, 1.807) is 58.6 Å². The highest BCUT2D eigenvalue weighted by molar-refractivity contribution is 5.06. The predicted molar refractivity (Wildman–Crippen MR) is 306 cm³/mol. The number of imidazole rings is 1. The van der Waals surface area contributed by atoms with Crippen molar-refractivity contribution in [1.82, 2.24) is 98.6 Å². The SMILES string of the molecule is CC.CC.CC.CC.CC.CC.CC.CC.Cc1ccn(C)c1.Cc1ccn(C)n1.Cc1cn(C)cn1.Cc1cn(C)nn1.Cc1cnn(C)c1.Cc1cnn(C)n1.Cc1ncn(C)n1.Cc1nnn(C)n1. The molecule has 0 aliphatic carbocycles. The average Bonchev–Trinajstić information content (AvgIpc) is 4.31. The standard InChI is InChI=1S/C6H9N.3C5H8N2.3C4H7N3.C3H6N4.8C2H6/c1-6-3-4-7(2)5-6;1-5-3-7(2)4-6-5;1-5-3-6-7(2)4-5;1-5-3-4-7(2)6-5;1-4-5-3-7(2)6-4;1-4-3-7(2)6-5-4;1-4-3-5-7(2)6-4;1-3-4-6-7(2)5-3;8*1-2/h3-5H,1-2H3;3*3-4H,1-2H3;3*3H,1-2H3;1-2H3;8*1-2H3. The Labute approximate surface area is 439 Å². The van der Waals surface area contributed by atoms with Crippen LogP contribution in [0.3, 0.4) is 0 Å². The van der Waals surface area contributed by atoms with Gasteiger partial charge in [-0.2, -0.15) is 35.1 Å². The summed E-state index contributed by atoms with van der Waals surface area (Å²) in [5.74, 6) is 1.53.